The number of halogens is 8. The summed E-state index contributed by atoms with van der Waals surface area (Å²) >= 11 is 0. The van der Waals surface area contributed by atoms with E-state index in [1.807, 2.05) is 13.8 Å². The molecule has 0 amide bonds. The van der Waals surface area contributed by atoms with E-state index in [4.69, 9.17) is 9.47 Å². The van der Waals surface area contributed by atoms with Crippen LogP contribution in [0.1, 0.15) is 90.9 Å². The molecule has 0 aromatic heterocycles. The van der Waals surface area contributed by atoms with Crippen LogP contribution >= 0.6 is 0 Å². The number of ether oxygens (including phenoxy) is 2. The van der Waals surface area contributed by atoms with Crippen LogP contribution in [-0.2, 0) is 0 Å². The Hall–Kier alpha value is -2.52. The molecule has 42 heavy (non-hydrogen) atoms. The summed E-state index contributed by atoms with van der Waals surface area (Å²) in [7, 11) is 0. The summed E-state index contributed by atoms with van der Waals surface area (Å²) in [5.41, 5.74) is -2.35. The minimum Gasteiger partial charge on any atom is -0.432 e. The molecule has 0 heterocycles. The van der Waals surface area contributed by atoms with Gasteiger partial charge in [0.05, 0.1) is 23.0 Å². The normalized spacial score (nSPS) is 23.6. The second-order valence-corrected chi connectivity index (χ2v) is 11.9. The summed E-state index contributed by atoms with van der Waals surface area (Å²) in [6.45, 7) is 4.05. The van der Waals surface area contributed by atoms with Gasteiger partial charge in [0.1, 0.15) is 34.8 Å². The van der Waals surface area contributed by atoms with Crippen LogP contribution in [0.3, 0.4) is 0 Å². The van der Waals surface area contributed by atoms with Crippen molar-refractivity contribution >= 4 is 0 Å². The Morgan fingerprint density at radius 1 is 0.548 bits per heavy atom. The predicted molar refractivity (Wildman–Crippen MR) is 144 cm³/mol. The molecule has 10 heteroatoms. The van der Waals surface area contributed by atoms with Gasteiger partial charge >= 0.3 is 12.2 Å². The first-order chi connectivity index (χ1) is 19.8. The Bertz CT molecular complexity index is 1060. The molecule has 0 atom stereocenters. The van der Waals surface area contributed by atoms with Gasteiger partial charge in [-0.25, -0.2) is 17.6 Å². The fourth-order valence-electron chi connectivity index (χ4n) is 6.57. The number of alkyl halides is 4. The van der Waals surface area contributed by atoms with Crippen LogP contribution in [0.4, 0.5) is 35.1 Å². The standard InChI is InChI=1S/C32H38F8O2/c1-3-5-19-7-11-21(12-8-19)31(37,38)41-23-15-25(33)29(26(34)16-23)30-27(35)17-24(18-28(30)36)42-32(39,40)22-13-9-20(6-4-2)10-14-22/h15-22H,3-14H2,1-2H3/t19-,20-,21-,22-. The largest absolute Gasteiger partial charge is 0.432 e. The average molecular weight is 607 g/mol. The van der Waals surface area contributed by atoms with E-state index in [1.54, 1.807) is 0 Å². The maximum atomic E-state index is 15.0. The lowest BCUT2D eigenvalue weighted by Gasteiger charge is -2.33. The second-order valence-electron chi connectivity index (χ2n) is 11.9. The molecule has 2 aromatic rings. The highest BCUT2D eigenvalue weighted by molar-refractivity contribution is 5.68. The van der Waals surface area contributed by atoms with Crippen LogP contribution < -0.4 is 9.47 Å². The summed E-state index contributed by atoms with van der Waals surface area (Å²) in [6, 6.07) is 1.73. The first kappa shape index (κ1) is 32.4. The number of hydrogen-bond donors (Lipinski definition) is 0. The molecule has 2 aliphatic rings. The van der Waals surface area contributed by atoms with Crippen molar-refractivity contribution < 1.29 is 44.6 Å². The number of benzene rings is 2. The van der Waals surface area contributed by atoms with Crippen LogP contribution in [0, 0.1) is 46.9 Å². The second kappa shape index (κ2) is 13.4. The zero-order valence-corrected chi connectivity index (χ0v) is 23.9. The fourth-order valence-corrected chi connectivity index (χ4v) is 6.57. The molecule has 2 aromatic carbocycles. The van der Waals surface area contributed by atoms with E-state index in [0.29, 0.717) is 61.8 Å². The summed E-state index contributed by atoms with van der Waals surface area (Å²) in [5, 5.41) is 0. The van der Waals surface area contributed by atoms with E-state index in [2.05, 4.69) is 0 Å². The fraction of sp³-hybridized carbons (Fsp3) is 0.625. The Kier molecular flexibility index (Phi) is 10.3. The van der Waals surface area contributed by atoms with E-state index in [0.717, 1.165) is 25.7 Å². The summed E-state index contributed by atoms with van der Waals surface area (Å²) in [4.78, 5) is 0. The molecule has 0 bridgehead atoms. The molecule has 2 saturated carbocycles. The van der Waals surface area contributed by atoms with Crippen molar-refractivity contribution in [3.05, 3.63) is 47.5 Å². The third-order valence-electron chi connectivity index (χ3n) is 8.83. The van der Waals surface area contributed by atoms with Crippen molar-refractivity contribution in [2.75, 3.05) is 0 Å². The van der Waals surface area contributed by atoms with Crippen molar-refractivity contribution in [2.24, 2.45) is 23.7 Å². The molecule has 234 valence electrons. The molecule has 0 N–H and O–H groups in total. The maximum Gasteiger partial charge on any atom is 0.400 e. The Morgan fingerprint density at radius 3 is 1.10 bits per heavy atom. The van der Waals surface area contributed by atoms with E-state index < -0.39 is 69.9 Å². The smallest absolute Gasteiger partial charge is 0.400 e. The van der Waals surface area contributed by atoms with E-state index in [-0.39, 0.29) is 25.7 Å². The quantitative estimate of drug-likeness (QED) is 0.237. The Balaban J connectivity index is 1.48. The summed E-state index contributed by atoms with van der Waals surface area (Å²) < 4.78 is 129. The van der Waals surface area contributed by atoms with Crippen LogP contribution in [0.15, 0.2) is 24.3 Å². The molecule has 2 fully saturated rings. The van der Waals surface area contributed by atoms with Gasteiger partial charge < -0.3 is 9.47 Å². The Labute approximate surface area is 241 Å². The van der Waals surface area contributed by atoms with E-state index in [9.17, 15) is 35.1 Å². The van der Waals surface area contributed by atoms with Crippen LogP contribution in [0.25, 0.3) is 11.1 Å². The zero-order chi connectivity index (χ0) is 30.7. The molecule has 2 nitrogen and oxygen atoms in total. The summed E-state index contributed by atoms with van der Waals surface area (Å²) in [5.74, 6) is -9.41. The van der Waals surface area contributed by atoms with Gasteiger partial charge in [0.15, 0.2) is 0 Å². The maximum absolute atomic E-state index is 15.0. The third-order valence-corrected chi connectivity index (χ3v) is 8.83. The molecule has 0 radical (unpaired) electrons. The van der Waals surface area contributed by atoms with Gasteiger partial charge in [-0.2, -0.15) is 17.6 Å². The van der Waals surface area contributed by atoms with Crippen molar-refractivity contribution in [1.29, 1.82) is 0 Å². The van der Waals surface area contributed by atoms with Crippen LogP contribution in [0.2, 0.25) is 0 Å². The van der Waals surface area contributed by atoms with E-state index >= 15 is 0 Å². The van der Waals surface area contributed by atoms with E-state index in [1.165, 1.54) is 0 Å². The van der Waals surface area contributed by atoms with Crippen molar-refractivity contribution in [2.45, 2.75) is 103 Å². The van der Waals surface area contributed by atoms with Crippen LogP contribution in [0.5, 0.6) is 11.5 Å². The first-order valence-electron chi connectivity index (χ1n) is 15.0. The first-order valence-corrected chi connectivity index (χ1v) is 15.0. The highest BCUT2D eigenvalue weighted by Crippen LogP contribution is 2.44. The lowest BCUT2D eigenvalue weighted by Crippen LogP contribution is -2.37. The molecular formula is C32H38F8O2. The van der Waals surface area contributed by atoms with Gasteiger partial charge in [0, 0.05) is 24.3 Å². The highest BCUT2D eigenvalue weighted by atomic mass is 19.3. The van der Waals surface area contributed by atoms with Crippen molar-refractivity contribution in [3.63, 3.8) is 0 Å². The molecule has 0 aliphatic heterocycles. The SMILES string of the molecule is CCC[C@H]1CC[C@H](C(F)(F)Oc2cc(F)c(-c3c(F)cc(OC(F)(F)[C@H]4CC[C@H](CCC)CC4)cc3F)c(F)c2)CC1. The molecule has 0 spiro atoms. The molecule has 2 aliphatic carbocycles. The minimum absolute atomic E-state index is 0.199. The van der Waals surface area contributed by atoms with Crippen LogP contribution in [-0.4, -0.2) is 12.2 Å². The number of rotatable bonds is 11. The minimum atomic E-state index is -3.70. The van der Waals surface area contributed by atoms with Gasteiger partial charge in [-0.1, -0.05) is 39.5 Å². The third kappa shape index (κ3) is 7.51. The predicted octanol–water partition coefficient (Wildman–Crippen LogP) is 11.1. The highest BCUT2D eigenvalue weighted by Gasteiger charge is 2.45. The van der Waals surface area contributed by atoms with Gasteiger partial charge in [0.25, 0.3) is 0 Å². The van der Waals surface area contributed by atoms with Crippen molar-refractivity contribution in [1.82, 2.24) is 0 Å². The topological polar surface area (TPSA) is 18.5 Å². The van der Waals surface area contributed by atoms with Gasteiger partial charge in [-0.3, -0.25) is 0 Å². The van der Waals surface area contributed by atoms with Gasteiger partial charge in [0.2, 0.25) is 0 Å². The molecule has 0 saturated heterocycles. The lowest BCUT2D eigenvalue weighted by molar-refractivity contribution is -0.224. The molecule has 0 unspecified atom stereocenters. The molecule has 4 rings (SSSR count). The van der Waals surface area contributed by atoms with Crippen molar-refractivity contribution in [3.8, 4) is 22.6 Å². The Morgan fingerprint density at radius 2 is 0.833 bits per heavy atom. The molecular weight excluding hydrogens is 568 g/mol. The number of hydrogen-bond acceptors (Lipinski definition) is 2. The summed E-state index contributed by atoms with van der Waals surface area (Å²) in [6.07, 6.45) is -0.405. The average Bonchev–Trinajstić information content (AvgIpc) is 2.90. The van der Waals surface area contributed by atoms with Gasteiger partial charge in [-0.05, 0) is 63.2 Å². The lowest BCUT2D eigenvalue weighted by atomic mass is 9.79. The van der Waals surface area contributed by atoms with Gasteiger partial charge in [-0.15, -0.1) is 0 Å². The monoisotopic (exact) mass is 606 g/mol. The zero-order valence-electron chi connectivity index (χ0n) is 23.9.